The Morgan fingerprint density at radius 2 is 0.603 bits per heavy atom. The molecule has 6 N–H and O–H groups in total. The minimum Gasteiger partial charge on any atom is -0.379 e. The number of hydrogen-bond donors (Lipinski definition) is 6. The molecule has 12 amide bonds. The average molecular weight is 1100 g/mol. The van der Waals surface area contributed by atoms with Crippen molar-refractivity contribution < 1.29 is 86.0 Å². The molecule has 0 fully saturated rings. The van der Waals surface area contributed by atoms with E-state index in [-0.39, 0.29) is 193 Å². The highest BCUT2D eigenvalue weighted by atomic mass is 16.5. The van der Waals surface area contributed by atoms with Gasteiger partial charge in [-0.3, -0.25) is 72.2 Å². The Kier molecular flexibility index (Phi) is 33.6. The Bertz CT molecular complexity index is 2090. The van der Waals surface area contributed by atoms with Gasteiger partial charge in [0.1, 0.15) is 0 Å². The third-order valence-corrected chi connectivity index (χ3v) is 11.3. The molecule has 78 heavy (non-hydrogen) atoms. The quantitative estimate of drug-likeness (QED) is 0.0207. The molecule has 0 saturated heterocycles. The number of nitrogens with zero attached hydrogens (tertiary/aromatic N) is 3. The van der Waals surface area contributed by atoms with E-state index in [1.807, 2.05) is 6.08 Å². The van der Waals surface area contributed by atoms with Crippen LogP contribution in [0.3, 0.4) is 0 Å². The molecule has 0 spiro atoms. The van der Waals surface area contributed by atoms with Crippen LogP contribution < -0.4 is 31.9 Å². The zero-order chi connectivity index (χ0) is 56.6. The van der Waals surface area contributed by atoms with Crippen molar-refractivity contribution in [1.29, 1.82) is 0 Å². The summed E-state index contributed by atoms with van der Waals surface area (Å²) in [5, 5.41) is 16.6. The van der Waals surface area contributed by atoms with Crippen molar-refractivity contribution in [3.8, 4) is 0 Å². The molecular weight excluding hydrogens is 1030 g/mol. The van der Waals surface area contributed by atoms with Crippen molar-refractivity contribution in [3.05, 3.63) is 48.1 Å². The molecule has 0 atom stereocenters. The Balaban J connectivity index is 1.23. The van der Waals surface area contributed by atoms with Gasteiger partial charge in [-0.05, 0) is 25.7 Å². The molecule has 0 aromatic rings. The van der Waals surface area contributed by atoms with E-state index in [9.17, 15) is 57.5 Å². The molecule has 3 aliphatic rings. The van der Waals surface area contributed by atoms with Gasteiger partial charge in [0.15, 0.2) is 0 Å². The van der Waals surface area contributed by atoms with Gasteiger partial charge < -0.3 is 60.3 Å². The van der Waals surface area contributed by atoms with Crippen LogP contribution in [0.25, 0.3) is 0 Å². The lowest BCUT2D eigenvalue weighted by atomic mass is 10.0. The molecule has 0 aliphatic carbocycles. The molecule has 27 heteroatoms. The predicted octanol–water partition coefficient (Wildman–Crippen LogP) is -2.61. The Morgan fingerprint density at radius 3 is 0.949 bits per heavy atom. The van der Waals surface area contributed by atoms with Crippen LogP contribution in [0.5, 0.6) is 0 Å². The van der Waals surface area contributed by atoms with E-state index >= 15 is 0 Å². The summed E-state index contributed by atoms with van der Waals surface area (Å²) in [6.07, 6.45) is 11.6. The lowest BCUT2D eigenvalue weighted by molar-refractivity contribution is -0.139. The highest BCUT2D eigenvalue weighted by molar-refractivity contribution is 6.14. The number of nitrogens with one attached hydrogen (secondary N) is 6. The van der Waals surface area contributed by atoms with Crippen molar-refractivity contribution in [2.45, 2.75) is 64.2 Å². The summed E-state index contributed by atoms with van der Waals surface area (Å²) >= 11 is 0. The number of carbonyl (C=O) groups excluding carboxylic acids is 12. The highest BCUT2D eigenvalue weighted by Crippen LogP contribution is 2.11. The molecule has 3 rings (SSSR count). The van der Waals surface area contributed by atoms with E-state index < -0.39 is 35.4 Å². The molecule has 0 bridgehead atoms. The Labute approximate surface area is 452 Å². The van der Waals surface area contributed by atoms with Gasteiger partial charge in [0.05, 0.1) is 79.3 Å². The molecular formula is C51H75N9O18. The van der Waals surface area contributed by atoms with Gasteiger partial charge in [0.25, 0.3) is 35.4 Å². The van der Waals surface area contributed by atoms with E-state index in [2.05, 4.69) is 31.9 Å². The number of imide groups is 3. The van der Waals surface area contributed by atoms with Crippen LogP contribution in [0.15, 0.2) is 48.1 Å². The van der Waals surface area contributed by atoms with Crippen LogP contribution >= 0.6 is 0 Å². The number of amides is 12. The fraction of sp³-hybridized carbons (Fsp3) is 0.608. The number of carbonyl (C=O) groups is 12. The minimum absolute atomic E-state index is 0.000209. The van der Waals surface area contributed by atoms with Gasteiger partial charge >= 0.3 is 0 Å². The standard InChI is InChI=1S/C51H75N9O18/c61-40(12-24-58-46(67)5-6-47(58)68)55-21-30-76-36-33-73-27-15-43(64)52-18-1-3-39(11-20-54-45(66)17-29-75-35-38-78-32-23-57-42(63)14-26-60-50(71)9-10-51(60)72)4-2-19-53-44(65)16-28-74-34-37-77-31-22-56-41(62)13-25-59-48(69)7-8-49(59)70/h3,5-10H,1-2,4,11-38H2,(H,52,64)(H,53,65)(H,54,66)(H,55,61)(H,56,62)(H,57,63)/b39-3-. The third-order valence-electron chi connectivity index (χ3n) is 11.3. The Morgan fingerprint density at radius 1 is 0.321 bits per heavy atom. The molecule has 0 saturated carbocycles. The first-order valence-electron chi connectivity index (χ1n) is 26.1. The molecule has 0 radical (unpaired) electrons. The van der Waals surface area contributed by atoms with Crippen LogP contribution in [-0.2, 0) is 86.0 Å². The van der Waals surface area contributed by atoms with Gasteiger partial charge in [-0.25, -0.2) is 0 Å². The maximum Gasteiger partial charge on any atom is 0.253 e. The van der Waals surface area contributed by atoms with E-state index in [1.54, 1.807) is 0 Å². The number of rotatable bonds is 46. The first kappa shape index (κ1) is 65.2. The third kappa shape index (κ3) is 30.0. The lowest BCUT2D eigenvalue weighted by Crippen LogP contribution is -2.35. The summed E-state index contributed by atoms with van der Waals surface area (Å²) in [7, 11) is 0. The zero-order valence-corrected chi connectivity index (χ0v) is 44.2. The maximum atomic E-state index is 12.5. The van der Waals surface area contributed by atoms with Gasteiger partial charge in [-0.1, -0.05) is 11.6 Å². The number of ether oxygens (including phenoxy) is 6. The largest absolute Gasteiger partial charge is 0.379 e. The summed E-state index contributed by atoms with van der Waals surface area (Å²) in [5.41, 5.74) is 1.03. The van der Waals surface area contributed by atoms with Crippen LogP contribution in [0.1, 0.15) is 64.2 Å². The van der Waals surface area contributed by atoms with E-state index in [1.165, 1.54) is 0 Å². The summed E-state index contributed by atoms with van der Waals surface area (Å²) in [4.78, 5) is 146. The predicted molar refractivity (Wildman–Crippen MR) is 275 cm³/mol. The van der Waals surface area contributed by atoms with Crippen LogP contribution in [0.4, 0.5) is 0 Å². The molecule has 3 heterocycles. The lowest BCUT2D eigenvalue weighted by Gasteiger charge is -2.13. The van der Waals surface area contributed by atoms with E-state index in [0.29, 0.717) is 45.3 Å². The second kappa shape index (κ2) is 40.2. The molecule has 3 aliphatic heterocycles. The molecule has 432 valence electrons. The smallest absolute Gasteiger partial charge is 0.253 e. The van der Waals surface area contributed by atoms with Crippen molar-refractivity contribution >= 4 is 70.9 Å². The molecule has 0 aromatic heterocycles. The van der Waals surface area contributed by atoms with Crippen LogP contribution in [-0.4, -0.2) is 224 Å². The first-order valence-corrected chi connectivity index (χ1v) is 26.1. The van der Waals surface area contributed by atoms with Gasteiger partial charge in [0.2, 0.25) is 35.4 Å². The normalized spacial score (nSPS) is 14.1. The van der Waals surface area contributed by atoms with Gasteiger partial charge in [-0.15, -0.1) is 0 Å². The van der Waals surface area contributed by atoms with E-state index in [0.717, 1.165) is 56.7 Å². The van der Waals surface area contributed by atoms with Gasteiger partial charge in [0, 0.05) is 134 Å². The second-order valence-corrected chi connectivity index (χ2v) is 17.3. The first-order chi connectivity index (χ1) is 37.7. The maximum absolute atomic E-state index is 12.5. The monoisotopic (exact) mass is 1100 g/mol. The van der Waals surface area contributed by atoms with Crippen LogP contribution in [0.2, 0.25) is 0 Å². The SMILES string of the molecule is O=C(CCOCCOCCNC(=O)CCN1C(=O)C=CC1=O)NCC/C=C(/CCCNC(=O)CCOCCOCCNC(=O)CCN1C(=O)C=CC1=O)CCNC(=O)CCOCCOCCNC(=O)CCN1C(=O)C=CC1=O. The summed E-state index contributed by atoms with van der Waals surface area (Å²) < 4.78 is 32.8. The summed E-state index contributed by atoms with van der Waals surface area (Å²) in [6, 6.07) is 0. The minimum atomic E-state index is -0.444. The number of hydrogen-bond acceptors (Lipinski definition) is 18. The van der Waals surface area contributed by atoms with Crippen molar-refractivity contribution in [2.24, 2.45) is 0 Å². The zero-order valence-electron chi connectivity index (χ0n) is 44.2. The van der Waals surface area contributed by atoms with E-state index in [4.69, 9.17) is 28.4 Å². The molecule has 0 aromatic carbocycles. The van der Waals surface area contributed by atoms with Crippen LogP contribution in [0, 0.1) is 0 Å². The average Bonchev–Trinajstić information content (AvgIpc) is 4.04. The molecule has 0 unspecified atom stereocenters. The van der Waals surface area contributed by atoms with Gasteiger partial charge in [-0.2, -0.15) is 0 Å². The fourth-order valence-corrected chi connectivity index (χ4v) is 7.10. The van der Waals surface area contributed by atoms with Crippen molar-refractivity contribution in [2.75, 3.05) is 138 Å². The topological polar surface area (TPSA) is 342 Å². The fourth-order valence-electron chi connectivity index (χ4n) is 7.10. The summed E-state index contributed by atoms with van der Waals surface area (Å²) in [6.45, 7) is 4.53. The second-order valence-electron chi connectivity index (χ2n) is 17.3. The van der Waals surface area contributed by atoms with Crippen molar-refractivity contribution in [3.63, 3.8) is 0 Å². The molecule has 27 nitrogen and oxygen atoms in total. The Hall–Kier alpha value is -7.04. The summed E-state index contributed by atoms with van der Waals surface area (Å²) in [5.74, 6) is -4.20. The van der Waals surface area contributed by atoms with Crippen molar-refractivity contribution in [1.82, 2.24) is 46.6 Å². The highest BCUT2D eigenvalue weighted by Gasteiger charge is 2.25.